The minimum Gasteiger partial charge on any atom is -0.383 e. The van der Waals surface area contributed by atoms with Crippen LogP contribution in [0.25, 0.3) is 0 Å². The highest BCUT2D eigenvalue weighted by molar-refractivity contribution is 7.99. The highest BCUT2D eigenvalue weighted by Crippen LogP contribution is 2.22. The van der Waals surface area contributed by atoms with Crippen LogP contribution in [0.1, 0.15) is 5.56 Å². The molecule has 2 aromatic heterocycles. The zero-order valence-electron chi connectivity index (χ0n) is 10.7. The lowest BCUT2D eigenvalue weighted by molar-refractivity contribution is 0.199. The molecule has 0 saturated heterocycles. The van der Waals surface area contributed by atoms with Crippen LogP contribution in [-0.2, 0) is 11.3 Å². The van der Waals surface area contributed by atoms with Crippen molar-refractivity contribution in [3.05, 3.63) is 42.5 Å². The topological polar surface area (TPSA) is 59.9 Å². The molecular weight excluding hydrogens is 260 g/mol. The molecule has 5 nitrogen and oxygen atoms in total. The number of nitrogens with zero attached hydrogens (tertiary/aromatic N) is 3. The van der Waals surface area contributed by atoms with Crippen molar-refractivity contribution in [2.45, 2.75) is 16.6 Å². The third-order valence-corrected chi connectivity index (χ3v) is 3.27. The van der Waals surface area contributed by atoms with Gasteiger partial charge < -0.3 is 10.1 Å². The van der Waals surface area contributed by atoms with Gasteiger partial charge in [-0.05, 0) is 29.5 Å². The third kappa shape index (κ3) is 4.94. The van der Waals surface area contributed by atoms with Crippen LogP contribution in [0.3, 0.4) is 0 Å². The molecule has 0 amide bonds. The number of nitrogens with one attached hydrogen (secondary N) is 1. The predicted octanol–water partition coefficient (Wildman–Crippen LogP) is 1.76. The van der Waals surface area contributed by atoms with Gasteiger partial charge in [-0.25, -0.2) is 15.0 Å². The fraction of sp³-hybridized carbons (Fsp3) is 0.308. The smallest absolute Gasteiger partial charge is 0.116 e. The first-order valence-corrected chi connectivity index (χ1v) is 6.78. The summed E-state index contributed by atoms with van der Waals surface area (Å²) in [7, 11) is 1.70. The molecule has 100 valence electrons. The van der Waals surface area contributed by atoms with Gasteiger partial charge in [0.2, 0.25) is 0 Å². The first-order valence-electron chi connectivity index (χ1n) is 5.97. The van der Waals surface area contributed by atoms with Crippen molar-refractivity contribution in [1.82, 2.24) is 20.3 Å². The van der Waals surface area contributed by atoms with E-state index in [1.807, 2.05) is 18.3 Å². The Bertz CT molecular complexity index is 478. The average Bonchev–Trinajstić information content (AvgIpc) is 2.46. The number of rotatable bonds is 7. The molecule has 0 atom stereocenters. The van der Waals surface area contributed by atoms with E-state index < -0.39 is 0 Å². The van der Waals surface area contributed by atoms with E-state index in [4.69, 9.17) is 4.74 Å². The summed E-state index contributed by atoms with van der Waals surface area (Å²) in [6, 6.07) is 5.93. The standard InChI is InChI=1S/C13H16N4OS/c1-18-7-6-14-8-11-2-3-12(16-9-11)19-13-4-5-15-10-17-13/h2-5,9-10,14H,6-8H2,1H3. The molecular formula is C13H16N4OS. The van der Waals surface area contributed by atoms with E-state index in [0.717, 1.165) is 35.3 Å². The second-order valence-electron chi connectivity index (χ2n) is 3.82. The summed E-state index contributed by atoms with van der Waals surface area (Å²) >= 11 is 1.53. The lowest BCUT2D eigenvalue weighted by atomic mass is 10.3. The normalized spacial score (nSPS) is 10.6. The van der Waals surface area contributed by atoms with Crippen LogP contribution in [-0.4, -0.2) is 35.2 Å². The highest BCUT2D eigenvalue weighted by atomic mass is 32.2. The zero-order valence-corrected chi connectivity index (χ0v) is 11.6. The number of pyridine rings is 1. The number of hydrogen-bond acceptors (Lipinski definition) is 6. The molecule has 0 fully saturated rings. The predicted molar refractivity (Wildman–Crippen MR) is 74.0 cm³/mol. The van der Waals surface area contributed by atoms with Crippen LogP contribution in [0.4, 0.5) is 0 Å². The first kappa shape index (κ1) is 13.9. The summed E-state index contributed by atoms with van der Waals surface area (Å²) in [5, 5.41) is 5.11. The molecule has 6 heteroatoms. The monoisotopic (exact) mass is 276 g/mol. The van der Waals surface area contributed by atoms with Crippen LogP contribution in [0.5, 0.6) is 0 Å². The van der Waals surface area contributed by atoms with E-state index in [0.29, 0.717) is 0 Å². The van der Waals surface area contributed by atoms with Gasteiger partial charge in [0.05, 0.1) is 6.61 Å². The summed E-state index contributed by atoms with van der Waals surface area (Å²) in [5.41, 5.74) is 1.16. The average molecular weight is 276 g/mol. The van der Waals surface area contributed by atoms with E-state index >= 15 is 0 Å². The molecule has 0 aliphatic heterocycles. The van der Waals surface area contributed by atoms with Crippen molar-refractivity contribution in [1.29, 1.82) is 0 Å². The number of hydrogen-bond donors (Lipinski definition) is 1. The molecule has 0 aromatic carbocycles. The third-order valence-electron chi connectivity index (χ3n) is 2.37. The van der Waals surface area contributed by atoms with E-state index in [-0.39, 0.29) is 0 Å². The first-order chi connectivity index (χ1) is 9.38. The largest absolute Gasteiger partial charge is 0.383 e. The molecule has 0 aliphatic carbocycles. The van der Waals surface area contributed by atoms with Gasteiger partial charge >= 0.3 is 0 Å². The van der Waals surface area contributed by atoms with Crippen molar-refractivity contribution in [2.24, 2.45) is 0 Å². The van der Waals surface area contributed by atoms with Gasteiger partial charge in [-0.2, -0.15) is 0 Å². The summed E-state index contributed by atoms with van der Waals surface area (Å²) in [6.07, 6.45) is 5.14. The maximum absolute atomic E-state index is 4.97. The van der Waals surface area contributed by atoms with E-state index in [9.17, 15) is 0 Å². The summed E-state index contributed by atoms with van der Waals surface area (Å²) in [6.45, 7) is 2.36. The fourth-order valence-corrected chi connectivity index (χ4v) is 2.11. The van der Waals surface area contributed by atoms with Gasteiger partial charge in [0.25, 0.3) is 0 Å². The van der Waals surface area contributed by atoms with Crippen LogP contribution >= 0.6 is 11.8 Å². The number of methoxy groups -OCH3 is 1. The van der Waals surface area contributed by atoms with Gasteiger partial charge in [-0.1, -0.05) is 6.07 Å². The number of aromatic nitrogens is 3. The second-order valence-corrected chi connectivity index (χ2v) is 4.86. The number of ether oxygens (including phenoxy) is 1. The lowest BCUT2D eigenvalue weighted by Gasteiger charge is -2.05. The Morgan fingerprint density at radius 1 is 1.21 bits per heavy atom. The molecule has 2 aromatic rings. The Balaban J connectivity index is 1.84. The fourth-order valence-electron chi connectivity index (χ4n) is 1.43. The summed E-state index contributed by atoms with van der Waals surface area (Å²) < 4.78 is 4.97. The Morgan fingerprint density at radius 3 is 2.79 bits per heavy atom. The Morgan fingerprint density at radius 2 is 2.11 bits per heavy atom. The molecule has 0 radical (unpaired) electrons. The molecule has 0 saturated carbocycles. The summed E-state index contributed by atoms with van der Waals surface area (Å²) in [4.78, 5) is 12.4. The van der Waals surface area contributed by atoms with Gasteiger partial charge in [0, 0.05) is 32.6 Å². The van der Waals surface area contributed by atoms with Crippen LogP contribution < -0.4 is 5.32 Å². The Kier molecular flexibility index (Phi) is 5.74. The van der Waals surface area contributed by atoms with Crippen molar-refractivity contribution < 1.29 is 4.74 Å². The second kappa shape index (κ2) is 7.83. The van der Waals surface area contributed by atoms with Crippen molar-refractivity contribution in [3.63, 3.8) is 0 Å². The Labute approximate surface area is 116 Å². The molecule has 1 N–H and O–H groups in total. The lowest BCUT2D eigenvalue weighted by Crippen LogP contribution is -2.18. The maximum atomic E-state index is 4.97. The molecule has 0 bridgehead atoms. The van der Waals surface area contributed by atoms with Gasteiger partial charge in [-0.15, -0.1) is 0 Å². The van der Waals surface area contributed by atoms with Crippen LogP contribution in [0, 0.1) is 0 Å². The van der Waals surface area contributed by atoms with Crippen molar-refractivity contribution >= 4 is 11.8 Å². The SMILES string of the molecule is COCCNCc1ccc(Sc2ccncn2)nc1. The van der Waals surface area contributed by atoms with E-state index in [1.54, 1.807) is 13.3 Å². The van der Waals surface area contributed by atoms with Gasteiger partial charge in [0.15, 0.2) is 0 Å². The molecule has 2 rings (SSSR count). The molecule has 0 spiro atoms. The maximum Gasteiger partial charge on any atom is 0.116 e. The minimum absolute atomic E-state index is 0.717. The summed E-state index contributed by atoms with van der Waals surface area (Å²) in [5.74, 6) is 0. The van der Waals surface area contributed by atoms with E-state index in [2.05, 4.69) is 26.3 Å². The molecule has 19 heavy (non-hydrogen) atoms. The zero-order chi connectivity index (χ0) is 13.3. The quantitative estimate of drug-likeness (QED) is 0.614. The van der Waals surface area contributed by atoms with Crippen LogP contribution in [0.2, 0.25) is 0 Å². The van der Waals surface area contributed by atoms with E-state index in [1.165, 1.54) is 18.1 Å². The van der Waals surface area contributed by atoms with Gasteiger partial charge in [-0.3, -0.25) is 0 Å². The molecule has 2 heterocycles. The van der Waals surface area contributed by atoms with Crippen molar-refractivity contribution in [2.75, 3.05) is 20.3 Å². The Hall–Kier alpha value is -1.50. The van der Waals surface area contributed by atoms with Gasteiger partial charge in [0.1, 0.15) is 16.4 Å². The molecule has 0 aliphatic rings. The van der Waals surface area contributed by atoms with Crippen LogP contribution in [0.15, 0.2) is 47.0 Å². The minimum atomic E-state index is 0.717. The highest BCUT2D eigenvalue weighted by Gasteiger charge is 2.00. The molecule has 0 unspecified atom stereocenters. The van der Waals surface area contributed by atoms with Crippen molar-refractivity contribution in [3.8, 4) is 0 Å².